The first-order valence-corrected chi connectivity index (χ1v) is 4.90. The highest BCUT2D eigenvalue weighted by atomic mass is 16.5. The second-order valence-corrected chi connectivity index (χ2v) is 3.62. The summed E-state index contributed by atoms with van der Waals surface area (Å²) in [5.74, 6) is 0.498. The molecule has 1 fully saturated rings. The Hall–Kier alpha value is -1.16. The summed E-state index contributed by atoms with van der Waals surface area (Å²) in [7, 11) is 0. The van der Waals surface area contributed by atoms with E-state index in [1.807, 2.05) is 11.5 Å². The highest BCUT2D eigenvalue weighted by Gasteiger charge is 2.18. The second-order valence-electron chi connectivity index (χ2n) is 3.62. The molecule has 0 amide bonds. The van der Waals surface area contributed by atoms with Crippen LogP contribution in [-0.2, 0) is 11.3 Å². The predicted octanol–water partition coefficient (Wildman–Crippen LogP) is 1.18. The summed E-state index contributed by atoms with van der Waals surface area (Å²) in [6.07, 6.45) is 4.97. The van der Waals surface area contributed by atoms with Gasteiger partial charge < -0.3 is 9.30 Å². The number of carbonyl (C=O) groups excluding carboxylic acids is 1. The Labute approximate surface area is 82.9 Å². The molecule has 1 aromatic heterocycles. The molecule has 0 aromatic carbocycles. The Balaban J connectivity index is 2.13. The van der Waals surface area contributed by atoms with Crippen LogP contribution in [0, 0.1) is 6.92 Å². The fourth-order valence-electron chi connectivity index (χ4n) is 1.80. The van der Waals surface area contributed by atoms with Crippen LogP contribution in [0.25, 0.3) is 0 Å². The summed E-state index contributed by atoms with van der Waals surface area (Å²) in [6, 6.07) is 0. The SMILES string of the molecule is Cc1cnc(C=O)n1CC1CCCO1. The topological polar surface area (TPSA) is 44.1 Å². The van der Waals surface area contributed by atoms with Gasteiger partial charge in [-0.05, 0) is 19.8 Å². The smallest absolute Gasteiger partial charge is 0.185 e. The number of imidazole rings is 1. The van der Waals surface area contributed by atoms with Crippen LogP contribution in [0.15, 0.2) is 6.20 Å². The summed E-state index contributed by atoms with van der Waals surface area (Å²) in [4.78, 5) is 14.7. The molecule has 0 aliphatic carbocycles. The van der Waals surface area contributed by atoms with Crippen molar-refractivity contribution < 1.29 is 9.53 Å². The van der Waals surface area contributed by atoms with Crippen molar-refractivity contribution in [2.24, 2.45) is 0 Å². The molecule has 1 aromatic rings. The van der Waals surface area contributed by atoms with Gasteiger partial charge in [0, 0.05) is 18.5 Å². The van der Waals surface area contributed by atoms with E-state index in [1.54, 1.807) is 6.20 Å². The minimum atomic E-state index is 0.251. The molecule has 1 atom stereocenters. The molecule has 2 rings (SSSR count). The summed E-state index contributed by atoms with van der Waals surface area (Å²) in [5, 5.41) is 0. The van der Waals surface area contributed by atoms with Gasteiger partial charge in [0.25, 0.3) is 0 Å². The van der Waals surface area contributed by atoms with Crippen molar-refractivity contribution in [2.45, 2.75) is 32.4 Å². The van der Waals surface area contributed by atoms with Gasteiger partial charge in [0.2, 0.25) is 0 Å². The van der Waals surface area contributed by atoms with Crippen molar-refractivity contribution in [1.29, 1.82) is 0 Å². The molecule has 1 saturated heterocycles. The normalized spacial score (nSPS) is 21.4. The van der Waals surface area contributed by atoms with Crippen molar-refractivity contribution >= 4 is 6.29 Å². The van der Waals surface area contributed by atoms with Crippen LogP contribution in [0.3, 0.4) is 0 Å². The van der Waals surface area contributed by atoms with E-state index in [-0.39, 0.29) is 6.10 Å². The van der Waals surface area contributed by atoms with Gasteiger partial charge in [0.15, 0.2) is 12.1 Å². The molecule has 0 saturated carbocycles. The molecule has 1 aliphatic rings. The van der Waals surface area contributed by atoms with Crippen molar-refractivity contribution in [2.75, 3.05) is 6.61 Å². The van der Waals surface area contributed by atoms with Gasteiger partial charge in [-0.3, -0.25) is 4.79 Å². The standard InChI is InChI=1S/C10H14N2O2/c1-8-5-11-10(7-13)12(8)6-9-3-2-4-14-9/h5,7,9H,2-4,6H2,1H3. The third-order valence-electron chi connectivity index (χ3n) is 2.60. The van der Waals surface area contributed by atoms with Gasteiger partial charge >= 0.3 is 0 Å². The molecular weight excluding hydrogens is 180 g/mol. The van der Waals surface area contributed by atoms with Crippen LogP contribution in [0.5, 0.6) is 0 Å². The maximum Gasteiger partial charge on any atom is 0.185 e. The van der Waals surface area contributed by atoms with E-state index in [0.717, 1.165) is 38.0 Å². The molecule has 0 bridgehead atoms. The quantitative estimate of drug-likeness (QED) is 0.679. The largest absolute Gasteiger partial charge is 0.376 e. The van der Waals surface area contributed by atoms with Gasteiger partial charge in [-0.2, -0.15) is 0 Å². The van der Waals surface area contributed by atoms with Gasteiger partial charge in [-0.1, -0.05) is 0 Å². The van der Waals surface area contributed by atoms with Crippen LogP contribution in [0.1, 0.15) is 29.2 Å². The molecule has 1 unspecified atom stereocenters. The third-order valence-corrected chi connectivity index (χ3v) is 2.60. The highest BCUT2D eigenvalue weighted by molar-refractivity contribution is 5.69. The summed E-state index contributed by atoms with van der Waals surface area (Å²) in [5.41, 5.74) is 1.02. The lowest BCUT2D eigenvalue weighted by Gasteiger charge is -2.12. The van der Waals surface area contributed by atoms with E-state index in [1.165, 1.54) is 0 Å². The molecule has 0 N–H and O–H groups in total. The molecule has 4 nitrogen and oxygen atoms in total. The molecular formula is C10H14N2O2. The van der Waals surface area contributed by atoms with Crippen LogP contribution in [0.4, 0.5) is 0 Å². The summed E-state index contributed by atoms with van der Waals surface area (Å²) >= 11 is 0. The first-order valence-electron chi connectivity index (χ1n) is 4.90. The molecule has 2 heterocycles. The number of aryl methyl sites for hydroxylation is 1. The minimum absolute atomic E-state index is 0.251. The lowest BCUT2D eigenvalue weighted by Crippen LogP contribution is -2.17. The van der Waals surface area contributed by atoms with Crippen LogP contribution < -0.4 is 0 Å². The zero-order valence-electron chi connectivity index (χ0n) is 8.27. The monoisotopic (exact) mass is 194 g/mol. The highest BCUT2D eigenvalue weighted by Crippen LogP contribution is 2.15. The molecule has 4 heteroatoms. The van der Waals surface area contributed by atoms with E-state index in [0.29, 0.717) is 5.82 Å². The Morgan fingerprint density at radius 2 is 2.64 bits per heavy atom. The number of hydrogen-bond donors (Lipinski definition) is 0. The zero-order valence-corrected chi connectivity index (χ0v) is 8.27. The lowest BCUT2D eigenvalue weighted by molar-refractivity contribution is 0.0945. The van der Waals surface area contributed by atoms with Crippen LogP contribution in [-0.4, -0.2) is 28.5 Å². The number of hydrogen-bond acceptors (Lipinski definition) is 3. The summed E-state index contributed by atoms with van der Waals surface area (Å²) < 4.78 is 7.44. The first-order chi connectivity index (χ1) is 6.81. The average molecular weight is 194 g/mol. The van der Waals surface area contributed by atoms with Crippen LogP contribution >= 0.6 is 0 Å². The van der Waals surface area contributed by atoms with E-state index in [2.05, 4.69) is 4.98 Å². The second kappa shape index (κ2) is 3.92. The van der Waals surface area contributed by atoms with E-state index < -0.39 is 0 Å². The maximum atomic E-state index is 10.7. The molecule has 0 spiro atoms. The number of carbonyl (C=O) groups is 1. The average Bonchev–Trinajstić information content (AvgIpc) is 2.79. The van der Waals surface area contributed by atoms with E-state index in [4.69, 9.17) is 4.74 Å². The van der Waals surface area contributed by atoms with E-state index >= 15 is 0 Å². The number of ether oxygens (including phenoxy) is 1. The molecule has 14 heavy (non-hydrogen) atoms. The fourth-order valence-corrected chi connectivity index (χ4v) is 1.80. The Morgan fingerprint density at radius 3 is 3.29 bits per heavy atom. The Morgan fingerprint density at radius 1 is 1.79 bits per heavy atom. The van der Waals surface area contributed by atoms with Crippen molar-refractivity contribution in [1.82, 2.24) is 9.55 Å². The van der Waals surface area contributed by atoms with Crippen molar-refractivity contribution in [3.05, 3.63) is 17.7 Å². The fraction of sp³-hybridized carbons (Fsp3) is 0.600. The predicted molar refractivity (Wildman–Crippen MR) is 51.3 cm³/mol. The molecule has 76 valence electrons. The maximum absolute atomic E-state index is 10.7. The number of aromatic nitrogens is 2. The van der Waals surface area contributed by atoms with Crippen LogP contribution in [0.2, 0.25) is 0 Å². The Bertz CT molecular complexity index is 327. The van der Waals surface area contributed by atoms with Gasteiger partial charge in [-0.25, -0.2) is 4.98 Å². The third kappa shape index (κ3) is 1.70. The molecule has 1 aliphatic heterocycles. The first kappa shape index (κ1) is 9.40. The number of aldehydes is 1. The Kier molecular flexibility index (Phi) is 2.63. The number of nitrogens with zero attached hydrogens (tertiary/aromatic N) is 2. The molecule has 0 radical (unpaired) electrons. The number of rotatable bonds is 3. The summed E-state index contributed by atoms with van der Waals surface area (Å²) in [6.45, 7) is 3.55. The minimum Gasteiger partial charge on any atom is -0.376 e. The van der Waals surface area contributed by atoms with Crippen molar-refractivity contribution in [3.8, 4) is 0 Å². The zero-order chi connectivity index (χ0) is 9.97. The van der Waals surface area contributed by atoms with Gasteiger partial charge in [0.05, 0.1) is 12.6 Å². The lowest BCUT2D eigenvalue weighted by atomic mass is 10.2. The van der Waals surface area contributed by atoms with Gasteiger partial charge in [0.1, 0.15) is 0 Å². The van der Waals surface area contributed by atoms with E-state index in [9.17, 15) is 4.79 Å². The van der Waals surface area contributed by atoms with Gasteiger partial charge in [-0.15, -0.1) is 0 Å². The van der Waals surface area contributed by atoms with Crippen molar-refractivity contribution in [3.63, 3.8) is 0 Å².